The molecule has 0 aromatic heterocycles. The Morgan fingerprint density at radius 2 is 1.78 bits per heavy atom. The highest BCUT2D eigenvalue weighted by Crippen LogP contribution is 2.15. The van der Waals surface area contributed by atoms with E-state index in [9.17, 15) is 9.59 Å². The Hall–Kier alpha value is -2.34. The number of carbonyl (C=O) groups is 2. The molecule has 1 aromatic carbocycles. The van der Waals surface area contributed by atoms with Crippen molar-refractivity contribution in [3.63, 3.8) is 0 Å². The summed E-state index contributed by atoms with van der Waals surface area (Å²) in [6, 6.07) is 5.90. The topological polar surface area (TPSA) is 87.7 Å². The summed E-state index contributed by atoms with van der Waals surface area (Å²) in [5.74, 6) is 0.0711. The standard InChI is InChI=1S/C17H22N2O4/c1-3-11(2)10-23-13-6-4-12(5-7-13)8-14-16(21)19-15(9-20)17(22)18-14/h4-7,10,14-15,20H,3,8-9H2,1-2H3,(H,18,22)(H,19,21). The zero-order valence-corrected chi connectivity index (χ0v) is 13.3. The summed E-state index contributed by atoms with van der Waals surface area (Å²) in [6.07, 6.45) is 3.04. The van der Waals surface area contributed by atoms with Crippen LogP contribution in [0.25, 0.3) is 0 Å². The van der Waals surface area contributed by atoms with Crippen molar-refractivity contribution in [2.75, 3.05) is 6.61 Å². The molecule has 2 amide bonds. The molecule has 124 valence electrons. The van der Waals surface area contributed by atoms with Gasteiger partial charge in [-0.15, -0.1) is 0 Å². The number of aliphatic hydroxyl groups excluding tert-OH is 1. The number of aliphatic hydroxyl groups is 1. The van der Waals surface area contributed by atoms with Gasteiger partial charge in [0.05, 0.1) is 12.9 Å². The van der Waals surface area contributed by atoms with Crippen LogP contribution in [0.1, 0.15) is 25.8 Å². The number of allylic oxidation sites excluding steroid dienone is 1. The van der Waals surface area contributed by atoms with E-state index in [1.165, 1.54) is 0 Å². The molecule has 6 nitrogen and oxygen atoms in total. The van der Waals surface area contributed by atoms with Gasteiger partial charge in [0.1, 0.15) is 17.8 Å². The highest BCUT2D eigenvalue weighted by molar-refractivity contribution is 5.97. The molecule has 0 bridgehead atoms. The van der Waals surface area contributed by atoms with Crippen molar-refractivity contribution in [3.05, 3.63) is 41.7 Å². The van der Waals surface area contributed by atoms with E-state index in [1.54, 1.807) is 6.26 Å². The predicted octanol–water partition coefficient (Wildman–Crippen LogP) is 0.897. The first-order valence-electron chi connectivity index (χ1n) is 7.66. The van der Waals surface area contributed by atoms with E-state index in [1.807, 2.05) is 31.2 Å². The summed E-state index contributed by atoms with van der Waals surface area (Å²) in [5, 5.41) is 14.1. The highest BCUT2D eigenvalue weighted by atomic mass is 16.5. The van der Waals surface area contributed by atoms with Crippen molar-refractivity contribution in [3.8, 4) is 5.75 Å². The van der Waals surface area contributed by atoms with Gasteiger partial charge in [0.15, 0.2) is 0 Å². The first-order valence-corrected chi connectivity index (χ1v) is 7.66. The van der Waals surface area contributed by atoms with E-state index in [0.29, 0.717) is 6.42 Å². The Kier molecular flexibility index (Phi) is 5.76. The van der Waals surface area contributed by atoms with E-state index < -0.39 is 18.7 Å². The number of ether oxygens (including phenoxy) is 1. The fourth-order valence-electron chi connectivity index (χ4n) is 2.14. The predicted molar refractivity (Wildman–Crippen MR) is 85.8 cm³/mol. The molecule has 0 aliphatic carbocycles. The number of nitrogens with one attached hydrogen (secondary N) is 2. The van der Waals surface area contributed by atoms with Gasteiger partial charge in [0.25, 0.3) is 0 Å². The largest absolute Gasteiger partial charge is 0.465 e. The summed E-state index contributed by atoms with van der Waals surface area (Å²) in [5.41, 5.74) is 2.06. The van der Waals surface area contributed by atoms with Crippen LogP contribution >= 0.6 is 0 Å². The van der Waals surface area contributed by atoms with Crippen molar-refractivity contribution >= 4 is 11.8 Å². The van der Waals surface area contributed by atoms with Crippen LogP contribution in [0.15, 0.2) is 36.1 Å². The van der Waals surface area contributed by atoms with Crippen LogP contribution in [-0.2, 0) is 16.0 Å². The van der Waals surface area contributed by atoms with Crippen molar-refractivity contribution in [2.24, 2.45) is 0 Å². The average molecular weight is 318 g/mol. The molecule has 1 aliphatic heterocycles. The summed E-state index contributed by atoms with van der Waals surface area (Å²) in [6.45, 7) is 3.66. The minimum atomic E-state index is -0.858. The quantitative estimate of drug-likeness (QED) is 0.680. The first kappa shape index (κ1) is 17.0. The molecule has 0 spiro atoms. The second-order valence-electron chi connectivity index (χ2n) is 5.59. The second-order valence-corrected chi connectivity index (χ2v) is 5.59. The lowest BCUT2D eigenvalue weighted by atomic mass is 10.0. The molecular formula is C17H22N2O4. The van der Waals surface area contributed by atoms with Gasteiger partial charge in [-0.1, -0.05) is 19.1 Å². The third kappa shape index (κ3) is 4.56. The molecule has 1 aliphatic rings. The van der Waals surface area contributed by atoms with Gasteiger partial charge in [0.2, 0.25) is 11.8 Å². The summed E-state index contributed by atoms with van der Waals surface area (Å²) in [7, 11) is 0. The lowest BCUT2D eigenvalue weighted by Crippen LogP contribution is -2.63. The fraction of sp³-hybridized carbons (Fsp3) is 0.412. The van der Waals surface area contributed by atoms with Crippen molar-refractivity contribution in [2.45, 2.75) is 38.8 Å². The van der Waals surface area contributed by atoms with Crippen LogP contribution in [0.3, 0.4) is 0 Å². The van der Waals surface area contributed by atoms with Crippen LogP contribution in [0, 0.1) is 0 Å². The zero-order chi connectivity index (χ0) is 16.8. The number of amides is 2. The van der Waals surface area contributed by atoms with E-state index in [0.717, 1.165) is 23.3 Å². The number of carbonyl (C=O) groups excluding carboxylic acids is 2. The SMILES string of the molecule is CCC(C)=COc1ccc(CC2NC(=O)C(CO)NC2=O)cc1. The van der Waals surface area contributed by atoms with E-state index in [4.69, 9.17) is 9.84 Å². The summed E-state index contributed by atoms with van der Waals surface area (Å²) in [4.78, 5) is 23.6. The molecule has 1 fully saturated rings. The Bertz CT molecular complexity index is 595. The highest BCUT2D eigenvalue weighted by Gasteiger charge is 2.32. The van der Waals surface area contributed by atoms with Crippen LogP contribution in [0.4, 0.5) is 0 Å². The van der Waals surface area contributed by atoms with E-state index >= 15 is 0 Å². The van der Waals surface area contributed by atoms with Gasteiger partial charge in [-0.25, -0.2) is 0 Å². The molecular weight excluding hydrogens is 296 g/mol. The molecule has 0 radical (unpaired) electrons. The van der Waals surface area contributed by atoms with Gasteiger partial charge >= 0.3 is 0 Å². The molecule has 1 aromatic rings. The number of benzene rings is 1. The minimum Gasteiger partial charge on any atom is -0.465 e. The van der Waals surface area contributed by atoms with Crippen LogP contribution in [0.5, 0.6) is 5.75 Å². The number of hydrogen-bond donors (Lipinski definition) is 3. The maximum absolute atomic E-state index is 11.9. The van der Waals surface area contributed by atoms with Gasteiger partial charge in [-0.3, -0.25) is 9.59 Å². The van der Waals surface area contributed by atoms with Gasteiger partial charge in [-0.05, 0) is 36.6 Å². The third-order valence-corrected chi connectivity index (χ3v) is 3.77. The lowest BCUT2D eigenvalue weighted by Gasteiger charge is -2.28. The molecule has 1 saturated heterocycles. The molecule has 2 unspecified atom stereocenters. The molecule has 2 atom stereocenters. The molecule has 1 heterocycles. The maximum Gasteiger partial charge on any atom is 0.245 e. The molecule has 6 heteroatoms. The fourth-order valence-corrected chi connectivity index (χ4v) is 2.14. The van der Waals surface area contributed by atoms with Crippen molar-refractivity contribution < 1.29 is 19.4 Å². The van der Waals surface area contributed by atoms with Crippen LogP contribution in [-0.4, -0.2) is 35.6 Å². The number of hydrogen-bond acceptors (Lipinski definition) is 4. The monoisotopic (exact) mass is 318 g/mol. The van der Waals surface area contributed by atoms with Gasteiger partial charge in [-0.2, -0.15) is 0 Å². The Balaban J connectivity index is 1.96. The van der Waals surface area contributed by atoms with Crippen LogP contribution in [0.2, 0.25) is 0 Å². The average Bonchev–Trinajstić information content (AvgIpc) is 2.56. The summed E-state index contributed by atoms with van der Waals surface area (Å²) < 4.78 is 5.53. The zero-order valence-electron chi connectivity index (χ0n) is 13.3. The Morgan fingerprint density at radius 3 is 2.39 bits per heavy atom. The number of rotatable bonds is 6. The smallest absolute Gasteiger partial charge is 0.245 e. The molecule has 0 saturated carbocycles. The Morgan fingerprint density at radius 1 is 1.17 bits per heavy atom. The summed E-state index contributed by atoms with van der Waals surface area (Å²) >= 11 is 0. The molecule has 2 rings (SSSR count). The number of piperazine rings is 1. The van der Waals surface area contributed by atoms with E-state index in [2.05, 4.69) is 17.6 Å². The first-order chi connectivity index (χ1) is 11.0. The Labute approximate surface area is 135 Å². The van der Waals surface area contributed by atoms with Crippen LogP contribution < -0.4 is 15.4 Å². The normalized spacial score (nSPS) is 21.6. The van der Waals surface area contributed by atoms with Gasteiger partial charge < -0.3 is 20.5 Å². The van der Waals surface area contributed by atoms with E-state index in [-0.39, 0.29) is 11.8 Å². The molecule has 3 N–H and O–H groups in total. The van der Waals surface area contributed by atoms with Crippen molar-refractivity contribution in [1.82, 2.24) is 10.6 Å². The minimum absolute atomic E-state index is 0.287. The third-order valence-electron chi connectivity index (χ3n) is 3.77. The van der Waals surface area contributed by atoms with Crippen molar-refractivity contribution in [1.29, 1.82) is 0 Å². The van der Waals surface area contributed by atoms with Gasteiger partial charge in [0, 0.05) is 6.42 Å². The molecule has 23 heavy (non-hydrogen) atoms. The lowest BCUT2D eigenvalue weighted by molar-refractivity contribution is -0.137. The maximum atomic E-state index is 11.9. The second kappa shape index (κ2) is 7.78.